The summed E-state index contributed by atoms with van der Waals surface area (Å²) in [4.78, 5) is 27.8. The van der Waals surface area contributed by atoms with E-state index in [-0.39, 0.29) is 34.3 Å². The van der Waals surface area contributed by atoms with E-state index in [2.05, 4.69) is 10.1 Å². The minimum atomic E-state index is -1.26. The van der Waals surface area contributed by atoms with Crippen LogP contribution in [0.15, 0.2) is 74.9 Å². The second-order valence-corrected chi connectivity index (χ2v) is 7.64. The summed E-state index contributed by atoms with van der Waals surface area (Å²) >= 11 is 0. The molecule has 6 rings (SSSR count). The van der Waals surface area contributed by atoms with Gasteiger partial charge < -0.3 is 23.6 Å². The number of hydrogen-bond acceptors (Lipinski definition) is 5. The van der Waals surface area contributed by atoms with Gasteiger partial charge in [-0.3, -0.25) is 4.79 Å². The van der Waals surface area contributed by atoms with Gasteiger partial charge in [-0.2, -0.15) is 0 Å². The van der Waals surface area contributed by atoms with Crippen LogP contribution in [0, 0.1) is 5.82 Å². The van der Waals surface area contributed by atoms with Crippen LogP contribution in [0.4, 0.5) is 4.39 Å². The van der Waals surface area contributed by atoms with Gasteiger partial charge in [0.05, 0.1) is 34.3 Å². The molecule has 4 aromatic heterocycles. The van der Waals surface area contributed by atoms with Crippen molar-refractivity contribution in [2.24, 2.45) is 0 Å². The topological polar surface area (TPSA) is 114 Å². The number of rotatable bonds is 4. The molecule has 0 fully saturated rings. The number of hydrogen-bond donors (Lipinski definition) is 2. The average molecular weight is 443 g/mol. The molecule has 0 unspecified atom stereocenters. The number of H-pyrrole nitrogens is 1. The summed E-state index contributed by atoms with van der Waals surface area (Å²) in [7, 11) is 0. The molecule has 0 radical (unpaired) electrons. The van der Waals surface area contributed by atoms with E-state index in [0.717, 1.165) is 5.39 Å². The zero-order valence-corrected chi connectivity index (χ0v) is 16.8. The predicted octanol–water partition coefficient (Wildman–Crippen LogP) is 4.77. The minimum absolute atomic E-state index is 0.0885. The SMILES string of the molecule is O=C(O)c1c(-c2ccc[nH]c2=O)c2c3occc3c(F)cc2n1Cc1ccc2cnoc2c1. The normalized spacial score (nSPS) is 11.7. The highest BCUT2D eigenvalue weighted by Crippen LogP contribution is 2.40. The summed E-state index contributed by atoms with van der Waals surface area (Å²) in [6, 6.07) is 11.2. The van der Waals surface area contributed by atoms with Gasteiger partial charge in [0.2, 0.25) is 0 Å². The van der Waals surface area contributed by atoms with Crippen molar-refractivity contribution in [2.45, 2.75) is 6.54 Å². The molecule has 0 saturated heterocycles. The van der Waals surface area contributed by atoms with Crippen molar-refractivity contribution in [1.29, 1.82) is 0 Å². The van der Waals surface area contributed by atoms with Crippen LogP contribution >= 0.6 is 0 Å². The Morgan fingerprint density at radius 1 is 1.21 bits per heavy atom. The lowest BCUT2D eigenvalue weighted by atomic mass is 10.0. The molecule has 0 saturated carbocycles. The number of furan rings is 1. The molecule has 6 aromatic rings. The lowest BCUT2D eigenvalue weighted by Crippen LogP contribution is -2.13. The number of carbonyl (C=O) groups is 1. The lowest BCUT2D eigenvalue weighted by molar-refractivity contribution is 0.0687. The molecular weight excluding hydrogens is 429 g/mol. The van der Waals surface area contributed by atoms with Crippen LogP contribution in [0.25, 0.3) is 44.0 Å². The maximum atomic E-state index is 14.9. The fourth-order valence-corrected chi connectivity index (χ4v) is 4.36. The fourth-order valence-electron chi connectivity index (χ4n) is 4.36. The predicted molar refractivity (Wildman–Crippen MR) is 118 cm³/mol. The van der Waals surface area contributed by atoms with Gasteiger partial charge in [-0.1, -0.05) is 11.2 Å². The van der Waals surface area contributed by atoms with E-state index in [9.17, 15) is 19.1 Å². The Balaban J connectivity index is 1.74. The van der Waals surface area contributed by atoms with Crippen LogP contribution in [0.5, 0.6) is 0 Å². The van der Waals surface area contributed by atoms with E-state index in [0.29, 0.717) is 22.0 Å². The van der Waals surface area contributed by atoms with E-state index in [1.165, 1.54) is 35.2 Å². The number of carboxylic acids is 1. The minimum Gasteiger partial charge on any atom is -0.477 e. The highest BCUT2D eigenvalue weighted by Gasteiger charge is 2.28. The Morgan fingerprint density at radius 2 is 2.09 bits per heavy atom. The number of aromatic carboxylic acids is 1. The highest BCUT2D eigenvalue weighted by atomic mass is 19.1. The summed E-state index contributed by atoms with van der Waals surface area (Å²) < 4.78 is 27.2. The number of benzene rings is 2. The van der Waals surface area contributed by atoms with Crippen LogP contribution in [0.2, 0.25) is 0 Å². The number of fused-ring (bicyclic) bond motifs is 4. The molecule has 0 amide bonds. The Morgan fingerprint density at radius 3 is 2.91 bits per heavy atom. The molecule has 8 nitrogen and oxygen atoms in total. The molecule has 0 atom stereocenters. The van der Waals surface area contributed by atoms with Crippen molar-refractivity contribution in [1.82, 2.24) is 14.7 Å². The Bertz CT molecular complexity index is 1770. The first-order valence-corrected chi connectivity index (χ1v) is 9.99. The number of aromatic nitrogens is 3. The summed E-state index contributed by atoms with van der Waals surface area (Å²) in [5.74, 6) is -1.81. The number of nitrogens with zero attached hydrogens (tertiary/aromatic N) is 2. The summed E-state index contributed by atoms with van der Waals surface area (Å²) in [5, 5.41) is 15.3. The zero-order chi connectivity index (χ0) is 22.7. The van der Waals surface area contributed by atoms with Crippen LogP contribution in [0.1, 0.15) is 16.1 Å². The third-order valence-corrected chi connectivity index (χ3v) is 5.77. The Hall–Kier alpha value is -4.66. The maximum absolute atomic E-state index is 14.9. The standard InChI is InChI=1S/C24H14FN3O5/c25-16-9-17-20(22-14(16)5-7-32-22)19(15-2-1-6-26-23(15)29)21(24(30)31)28(17)11-12-3-4-13-10-27-33-18(13)8-12/h1-10H,11H2,(H,26,29)(H,30,31). The van der Waals surface area contributed by atoms with Gasteiger partial charge in [-0.15, -0.1) is 0 Å². The molecular formula is C24H14FN3O5. The van der Waals surface area contributed by atoms with Crippen LogP contribution in [-0.2, 0) is 6.54 Å². The molecule has 9 heteroatoms. The molecule has 0 aliphatic carbocycles. The lowest BCUT2D eigenvalue weighted by Gasteiger charge is -2.09. The number of aromatic amines is 1. The van der Waals surface area contributed by atoms with Gasteiger partial charge >= 0.3 is 5.97 Å². The van der Waals surface area contributed by atoms with E-state index in [4.69, 9.17) is 8.94 Å². The Kier molecular flexibility index (Phi) is 4.00. The van der Waals surface area contributed by atoms with Crippen molar-refractivity contribution < 1.29 is 23.2 Å². The van der Waals surface area contributed by atoms with Gasteiger partial charge in [-0.05, 0) is 42.0 Å². The van der Waals surface area contributed by atoms with Crippen molar-refractivity contribution in [3.63, 3.8) is 0 Å². The van der Waals surface area contributed by atoms with Crippen LogP contribution in [-0.4, -0.2) is 25.8 Å². The van der Waals surface area contributed by atoms with E-state index in [1.807, 2.05) is 6.07 Å². The maximum Gasteiger partial charge on any atom is 0.353 e. The average Bonchev–Trinajstić information content (AvgIpc) is 3.52. The first-order chi connectivity index (χ1) is 16.0. The van der Waals surface area contributed by atoms with Gasteiger partial charge in [0.25, 0.3) is 5.56 Å². The van der Waals surface area contributed by atoms with E-state index < -0.39 is 17.3 Å². The van der Waals surface area contributed by atoms with Crippen molar-refractivity contribution >= 4 is 38.8 Å². The molecule has 162 valence electrons. The van der Waals surface area contributed by atoms with Gasteiger partial charge in [0.15, 0.2) is 5.58 Å². The van der Waals surface area contributed by atoms with Crippen LogP contribution < -0.4 is 5.56 Å². The first-order valence-electron chi connectivity index (χ1n) is 9.99. The molecule has 0 aliphatic heterocycles. The molecule has 0 bridgehead atoms. The molecule has 0 spiro atoms. The first kappa shape index (κ1) is 19.1. The smallest absolute Gasteiger partial charge is 0.353 e. The number of pyridine rings is 1. The summed E-state index contributed by atoms with van der Waals surface area (Å²) in [6.45, 7) is 0.0885. The molecule has 2 N–H and O–H groups in total. The van der Waals surface area contributed by atoms with Gasteiger partial charge in [0.1, 0.15) is 17.1 Å². The molecule has 4 heterocycles. The quantitative estimate of drug-likeness (QED) is 0.406. The van der Waals surface area contributed by atoms with Gasteiger partial charge in [0, 0.05) is 23.7 Å². The zero-order valence-electron chi connectivity index (χ0n) is 16.8. The Labute approximate surface area is 183 Å². The van der Waals surface area contributed by atoms with Crippen LogP contribution in [0.3, 0.4) is 0 Å². The third-order valence-electron chi connectivity index (χ3n) is 5.77. The van der Waals surface area contributed by atoms with Gasteiger partial charge in [-0.25, -0.2) is 9.18 Å². The van der Waals surface area contributed by atoms with Crippen molar-refractivity contribution in [3.8, 4) is 11.1 Å². The second kappa shape index (κ2) is 6.92. The van der Waals surface area contributed by atoms with E-state index in [1.54, 1.807) is 24.4 Å². The highest BCUT2D eigenvalue weighted by molar-refractivity contribution is 6.17. The molecule has 0 aliphatic rings. The molecule has 2 aromatic carbocycles. The third kappa shape index (κ3) is 2.79. The van der Waals surface area contributed by atoms with Crippen molar-refractivity contribution in [3.05, 3.63) is 88.5 Å². The summed E-state index contributed by atoms with van der Waals surface area (Å²) in [6.07, 6.45) is 4.37. The largest absolute Gasteiger partial charge is 0.477 e. The van der Waals surface area contributed by atoms with Crippen molar-refractivity contribution in [2.75, 3.05) is 0 Å². The number of halogens is 1. The number of carboxylic acid groups (broad SMARTS) is 1. The summed E-state index contributed by atoms with van der Waals surface area (Å²) in [5.41, 5.74) is 1.42. The fraction of sp³-hybridized carbons (Fsp3) is 0.0417. The molecule has 33 heavy (non-hydrogen) atoms. The second-order valence-electron chi connectivity index (χ2n) is 7.64. The number of nitrogens with one attached hydrogen (secondary N) is 1. The monoisotopic (exact) mass is 443 g/mol. The van der Waals surface area contributed by atoms with E-state index >= 15 is 0 Å².